The number of carbonyl (C=O) groups excluding carboxylic acids is 2. The zero-order valence-corrected chi connectivity index (χ0v) is 20.6. The topological polar surface area (TPSA) is 88.3 Å². The summed E-state index contributed by atoms with van der Waals surface area (Å²) >= 11 is 0. The first kappa shape index (κ1) is 29.1. The fourth-order valence-electron chi connectivity index (χ4n) is 4.03. The summed E-state index contributed by atoms with van der Waals surface area (Å²) in [6, 6.07) is 11.5. The van der Waals surface area contributed by atoms with Crippen LogP contribution in [0.5, 0.6) is 0 Å². The molecule has 2 heterocycles. The van der Waals surface area contributed by atoms with Crippen molar-refractivity contribution in [2.75, 3.05) is 4.90 Å². The molecule has 0 saturated carbocycles. The number of benzene rings is 2. The van der Waals surface area contributed by atoms with Crippen LogP contribution in [0.1, 0.15) is 23.2 Å². The molecule has 192 valence electrons. The summed E-state index contributed by atoms with van der Waals surface area (Å²) in [5, 5.41) is 2.70. The Balaban J connectivity index is 0.00000228. The van der Waals surface area contributed by atoms with Gasteiger partial charge in [-0.1, -0.05) is 24.3 Å². The van der Waals surface area contributed by atoms with Gasteiger partial charge in [0.15, 0.2) is 11.6 Å². The lowest BCUT2D eigenvalue weighted by molar-refractivity contribution is -0.128. The van der Waals surface area contributed by atoms with Crippen molar-refractivity contribution in [3.63, 3.8) is 0 Å². The molecule has 0 spiro atoms. The van der Waals surface area contributed by atoms with Crippen molar-refractivity contribution in [2.45, 2.75) is 37.9 Å². The number of halogens is 5. The van der Waals surface area contributed by atoms with E-state index < -0.39 is 41.3 Å². The van der Waals surface area contributed by atoms with Gasteiger partial charge in [-0.3, -0.25) is 14.6 Å². The summed E-state index contributed by atoms with van der Waals surface area (Å²) < 4.78 is 40.9. The molecule has 2 aromatic carbocycles. The minimum Gasteiger partial charge on any atom is -0.344 e. The van der Waals surface area contributed by atoms with Gasteiger partial charge >= 0.3 is 0 Å². The molecule has 1 aliphatic heterocycles. The van der Waals surface area contributed by atoms with Crippen molar-refractivity contribution >= 4 is 42.3 Å². The number of nitrogens with two attached hydrogens (primary N) is 1. The molecule has 0 fully saturated rings. The zero-order chi connectivity index (χ0) is 24.2. The summed E-state index contributed by atoms with van der Waals surface area (Å²) in [6.45, 7) is -0.0199. The van der Waals surface area contributed by atoms with Crippen LogP contribution in [0, 0.1) is 17.5 Å². The van der Waals surface area contributed by atoms with Crippen molar-refractivity contribution < 1.29 is 22.8 Å². The Hall–Kier alpha value is -3.14. The molecule has 36 heavy (non-hydrogen) atoms. The minimum absolute atomic E-state index is 0. The lowest BCUT2D eigenvalue weighted by Gasteiger charge is -2.34. The van der Waals surface area contributed by atoms with Crippen LogP contribution < -0.4 is 16.0 Å². The highest BCUT2D eigenvalue weighted by Crippen LogP contribution is 2.28. The molecule has 11 heteroatoms. The number of nitrogens with one attached hydrogen (secondary N) is 1. The van der Waals surface area contributed by atoms with Gasteiger partial charge in [0.25, 0.3) is 0 Å². The van der Waals surface area contributed by atoms with Crippen LogP contribution in [0.25, 0.3) is 0 Å². The molecule has 0 aliphatic carbocycles. The van der Waals surface area contributed by atoms with Crippen LogP contribution in [0.3, 0.4) is 0 Å². The smallest absolute Gasteiger partial charge is 0.250 e. The van der Waals surface area contributed by atoms with Gasteiger partial charge in [-0.2, -0.15) is 0 Å². The van der Waals surface area contributed by atoms with E-state index in [0.29, 0.717) is 22.5 Å². The number of nitrogens with zero attached hydrogens (tertiary/aromatic N) is 2. The molecule has 2 amide bonds. The van der Waals surface area contributed by atoms with E-state index in [0.717, 1.165) is 12.1 Å². The van der Waals surface area contributed by atoms with Crippen molar-refractivity contribution in [2.24, 2.45) is 5.73 Å². The van der Waals surface area contributed by atoms with E-state index in [1.165, 1.54) is 17.0 Å². The maximum Gasteiger partial charge on any atom is 0.250 e. The average molecular weight is 541 g/mol. The highest BCUT2D eigenvalue weighted by molar-refractivity contribution is 6.01. The number of anilines is 1. The van der Waals surface area contributed by atoms with E-state index >= 15 is 0 Å². The second-order valence-electron chi connectivity index (χ2n) is 8.23. The normalized spacial score (nSPS) is 15.3. The van der Waals surface area contributed by atoms with Gasteiger partial charge in [0.1, 0.15) is 11.9 Å². The lowest BCUT2D eigenvalue weighted by Crippen LogP contribution is -2.53. The van der Waals surface area contributed by atoms with Gasteiger partial charge in [-0.25, -0.2) is 13.2 Å². The zero-order valence-electron chi connectivity index (χ0n) is 19.0. The minimum atomic E-state index is -1.01. The van der Waals surface area contributed by atoms with Crippen molar-refractivity contribution in [1.82, 2.24) is 10.3 Å². The molecule has 0 radical (unpaired) electrons. The summed E-state index contributed by atoms with van der Waals surface area (Å²) in [5.74, 6) is -3.23. The third kappa shape index (κ3) is 6.75. The molecule has 6 nitrogen and oxygen atoms in total. The third-order valence-electron chi connectivity index (χ3n) is 5.67. The lowest BCUT2D eigenvalue weighted by atomic mass is 9.99. The Bertz CT molecular complexity index is 1230. The number of carbonyl (C=O) groups is 2. The summed E-state index contributed by atoms with van der Waals surface area (Å²) in [7, 11) is 0. The van der Waals surface area contributed by atoms with Crippen molar-refractivity contribution in [3.05, 3.63) is 95.1 Å². The Kier molecular flexibility index (Phi) is 10.3. The Labute approximate surface area is 218 Å². The first-order chi connectivity index (χ1) is 16.3. The molecule has 1 aliphatic rings. The average Bonchev–Trinajstić information content (AvgIpc) is 2.80. The highest BCUT2D eigenvalue weighted by atomic mass is 35.5. The predicted molar refractivity (Wildman–Crippen MR) is 135 cm³/mol. The van der Waals surface area contributed by atoms with Crippen LogP contribution in [0.4, 0.5) is 18.9 Å². The molecule has 3 aromatic rings. The summed E-state index contributed by atoms with van der Waals surface area (Å²) in [5.41, 5.74) is 7.97. The van der Waals surface area contributed by atoms with Crippen molar-refractivity contribution in [3.8, 4) is 0 Å². The number of pyridine rings is 1. The number of fused-ring (bicyclic) bond motifs is 1. The third-order valence-corrected chi connectivity index (χ3v) is 5.67. The Morgan fingerprint density at radius 3 is 2.53 bits per heavy atom. The van der Waals surface area contributed by atoms with Crippen LogP contribution in [0.15, 0.2) is 60.8 Å². The Morgan fingerprint density at radius 1 is 1.06 bits per heavy atom. The second-order valence-corrected chi connectivity index (χ2v) is 8.23. The quantitative estimate of drug-likeness (QED) is 0.476. The van der Waals surface area contributed by atoms with Gasteiger partial charge in [0.2, 0.25) is 11.8 Å². The molecular weight excluding hydrogens is 516 g/mol. The van der Waals surface area contributed by atoms with Crippen molar-refractivity contribution in [1.29, 1.82) is 0 Å². The van der Waals surface area contributed by atoms with Gasteiger partial charge in [-0.15, -0.1) is 24.8 Å². The standard InChI is InChI=1S/C25H23F3N4O2.2ClH/c26-18-5-2-1-4-16(18)11-17(29)12-24(33)31-22-13-21-23(6-3-9-30-21)32(25(22)34)14-15-7-8-19(27)20(28)10-15;;/h1-10,17,22H,11-14,29H2,(H,31,33);2*1H/t17-,22?;;/m1../s1. The van der Waals surface area contributed by atoms with E-state index in [-0.39, 0.29) is 50.6 Å². The fraction of sp³-hybridized carbons (Fsp3) is 0.240. The summed E-state index contributed by atoms with van der Waals surface area (Å²) in [6.07, 6.45) is 1.83. The molecule has 1 unspecified atom stereocenters. The van der Waals surface area contributed by atoms with Gasteiger partial charge < -0.3 is 16.0 Å². The number of hydrogen-bond donors (Lipinski definition) is 2. The van der Waals surface area contributed by atoms with E-state index in [2.05, 4.69) is 10.3 Å². The first-order valence-corrected chi connectivity index (χ1v) is 10.8. The maximum absolute atomic E-state index is 13.9. The van der Waals surface area contributed by atoms with E-state index in [9.17, 15) is 22.8 Å². The molecule has 4 rings (SSSR count). The highest BCUT2D eigenvalue weighted by Gasteiger charge is 2.34. The Morgan fingerprint density at radius 2 is 1.81 bits per heavy atom. The molecule has 0 saturated heterocycles. The molecule has 2 atom stereocenters. The number of hydrogen-bond acceptors (Lipinski definition) is 4. The predicted octanol–water partition coefficient (Wildman–Crippen LogP) is 3.88. The van der Waals surface area contributed by atoms with Gasteiger partial charge in [0.05, 0.1) is 17.9 Å². The van der Waals surface area contributed by atoms with E-state index in [1.807, 2.05) is 0 Å². The SMILES string of the molecule is Cl.Cl.N[C@@H](CC(=O)NC1Cc2ncccc2N(Cc2ccc(F)c(F)c2)C1=O)Cc1ccccc1F. The largest absolute Gasteiger partial charge is 0.344 e. The molecule has 1 aromatic heterocycles. The van der Waals surface area contributed by atoms with Crippen LogP contribution in [0.2, 0.25) is 0 Å². The van der Waals surface area contributed by atoms with Gasteiger partial charge in [0, 0.05) is 25.1 Å². The number of amides is 2. The van der Waals surface area contributed by atoms with Crippen LogP contribution >= 0.6 is 24.8 Å². The molecular formula is C25H25Cl2F3N4O2. The molecule has 0 bridgehead atoms. The molecule has 3 N–H and O–H groups in total. The van der Waals surface area contributed by atoms with Gasteiger partial charge in [-0.05, 0) is 47.9 Å². The monoisotopic (exact) mass is 540 g/mol. The maximum atomic E-state index is 13.9. The van der Waals surface area contributed by atoms with E-state index in [1.54, 1.807) is 36.5 Å². The number of aromatic nitrogens is 1. The van der Waals surface area contributed by atoms with Crippen LogP contribution in [-0.4, -0.2) is 28.9 Å². The number of rotatable bonds is 7. The summed E-state index contributed by atoms with van der Waals surface area (Å²) in [4.78, 5) is 31.6. The van der Waals surface area contributed by atoms with E-state index in [4.69, 9.17) is 5.73 Å². The second kappa shape index (κ2) is 12.7. The van der Waals surface area contributed by atoms with Crippen LogP contribution in [-0.2, 0) is 29.0 Å². The fourth-order valence-corrected chi connectivity index (χ4v) is 4.03. The first-order valence-electron chi connectivity index (χ1n) is 10.8.